The Hall–Kier alpha value is -2.67. The Morgan fingerprint density at radius 3 is 2.90 bits per heavy atom. The number of rotatable bonds is 7. The Bertz CT molecular complexity index is 846. The molecule has 1 aliphatic rings. The fraction of sp³-hybridized carbons (Fsp3) is 0.429. The smallest absolute Gasteiger partial charge is 0.191 e. The van der Waals surface area contributed by atoms with Crippen molar-refractivity contribution in [3.63, 3.8) is 0 Å². The van der Waals surface area contributed by atoms with Gasteiger partial charge in [0.2, 0.25) is 0 Å². The molecule has 0 aliphatic carbocycles. The van der Waals surface area contributed by atoms with Crippen molar-refractivity contribution in [3.05, 3.63) is 47.1 Å². The Balaban J connectivity index is 1.65. The number of halogens is 1. The number of hydrogen-bond acceptors (Lipinski definition) is 5. The van der Waals surface area contributed by atoms with Crippen LogP contribution in [0, 0.1) is 0 Å². The molecule has 1 aliphatic heterocycles. The molecule has 1 aromatic carbocycles. The molecule has 1 aromatic heterocycles. The summed E-state index contributed by atoms with van der Waals surface area (Å²) < 4.78 is 10.7. The molecular weight excluding hydrogens is 390 g/mol. The standard InChI is InChI=1S/C21H28ClN5O2/c1-4-23-21(25-13-15-7-8-17(28-2)12-19(15)29-3)26-16-9-11-27(14-16)20-18(22)6-5-10-24-20/h5-8,10,12,16H,4,9,11,13-14H2,1-3H3,(H2,23,25,26). The van der Waals surface area contributed by atoms with E-state index in [2.05, 4.69) is 27.4 Å². The highest BCUT2D eigenvalue weighted by Gasteiger charge is 2.25. The number of ether oxygens (including phenoxy) is 2. The highest BCUT2D eigenvalue weighted by atomic mass is 35.5. The summed E-state index contributed by atoms with van der Waals surface area (Å²) in [5.41, 5.74) is 0.999. The molecule has 0 amide bonds. The maximum Gasteiger partial charge on any atom is 0.191 e. The van der Waals surface area contributed by atoms with Crippen molar-refractivity contribution < 1.29 is 9.47 Å². The zero-order valence-electron chi connectivity index (χ0n) is 17.1. The van der Waals surface area contributed by atoms with Crippen LogP contribution in [0.1, 0.15) is 18.9 Å². The maximum atomic E-state index is 6.29. The average Bonchev–Trinajstić information content (AvgIpc) is 3.20. The first-order chi connectivity index (χ1) is 14.1. The fourth-order valence-electron chi connectivity index (χ4n) is 3.34. The lowest BCUT2D eigenvalue weighted by Gasteiger charge is -2.20. The predicted octanol–water partition coefficient (Wildman–Crippen LogP) is 3.09. The van der Waals surface area contributed by atoms with Gasteiger partial charge < -0.3 is 25.0 Å². The van der Waals surface area contributed by atoms with E-state index in [4.69, 9.17) is 26.1 Å². The second kappa shape index (κ2) is 10.2. The lowest BCUT2D eigenvalue weighted by Crippen LogP contribution is -2.44. The SMILES string of the molecule is CCNC(=NCc1ccc(OC)cc1OC)NC1CCN(c2ncccc2Cl)C1. The maximum absolute atomic E-state index is 6.29. The Kier molecular flexibility index (Phi) is 7.41. The van der Waals surface area contributed by atoms with Crippen LogP contribution >= 0.6 is 11.6 Å². The van der Waals surface area contributed by atoms with Crippen LogP contribution in [-0.2, 0) is 6.54 Å². The van der Waals surface area contributed by atoms with E-state index in [0.717, 1.165) is 54.9 Å². The van der Waals surface area contributed by atoms with E-state index < -0.39 is 0 Å². The molecule has 1 fully saturated rings. The first-order valence-corrected chi connectivity index (χ1v) is 10.1. The summed E-state index contributed by atoms with van der Waals surface area (Å²) in [4.78, 5) is 11.4. The van der Waals surface area contributed by atoms with Gasteiger partial charge in [-0.1, -0.05) is 11.6 Å². The van der Waals surface area contributed by atoms with Crippen LogP contribution in [0.15, 0.2) is 41.5 Å². The summed E-state index contributed by atoms with van der Waals surface area (Å²) in [5.74, 6) is 3.15. The summed E-state index contributed by atoms with van der Waals surface area (Å²) in [5, 5.41) is 7.53. The van der Waals surface area contributed by atoms with Gasteiger partial charge in [-0.05, 0) is 37.6 Å². The number of guanidine groups is 1. The zero-order chi connectivity index (χ0) is 20.6. The van der Waals surface area contributed by atoms with E-state index in [-0.39, 0.29) is 6.04 Å². The Morgan fingerprint density at radius 2 is 2.17 bits per heavy atom. The van der Waals surface area contributed by atoms with Crippen molar-refractivity contribution in [2.75, 3.05) is 38.8 Å². The molecule has 2 heterocycles. The van der Waals surface area contributed by atoms with Gasteiger partial charge in [0.15, 0.2) is 5.96 Å². The number of aromatic nitrogens is 1. The lowest BCUT2D eigenvalue weighted by atomic mass is 10.2. The molecule has 3 rings (SSSR count). The molecule has 29 heavy (non-hydrogen) atoms. The minimum absolute atomic E-state index is 0.267. The van der Waals surface area contributed by atoms with Crippen LogP contribution in [0.4, 0.5) is 5.82 Å². The van der Waals surface area contributed by atoms with Gasteiger partial charge in [-0.2, -0.15) is 0 Å². The van der Waals surface area contributed by atoms with Crippen molar-refractivity contribution in [2.24, 2.45) is 4.99 Å². The van der Waals surface area contributed by atoms with Gasteiger partial charge in [-0.15, -0.1) is 0 Å². The summed E-state index contributed by atoms with van der Waals surface area (Å²) in [6, 6.07) is 9.75. The average molecular weight is 418 g/mol. The second-order valence-electron chi connectivity index (χ2n) is 6.76. The highest BCUT2D eigenvalue weighted by Crippen LogP contribution is 2.26. The molecule has 0 spiro atoms. The number of methoxy groups -OCH3 is 2. The molecule has 1 saturated heterocycles. The van der Waals surface area contributed by atoms with Gasteiger partial charge in [0, 0.05) is 43.5 Å². The van der Waals surface area contributed by atoms with Gasteiger partial charge in [0.1, 0.15) is 17.3 Å². The fourth-order valence-corrected chi connectivity index (χ4v) is 3.58. The van der Waals surface area contributed by atoms with Crippen LogP contribution in [-0.4, -0.2) is 50.8 Å². The van der Waals surface area contributed by atoms with E-state index in [1.165, 1.54) is 0 Å². The first kappa shape index (κ1) is 21.0. The third kappa shape index (κ3) is 5.44. The van der Waals surface area contributed by atoms with Crippen LogP contribution in [0.2, 0.25) is 5.02 Å². The Labute approximate surface area is 177 Å². The van der Waals surface area contributed by atoms with Crippen molar-refractivity contribution >= 4 is 23.4 Å². The molecule has 0 saturated carbocycles. The number of nitrogens with zero attached hydrogens (tertiary/aromatic N) is 3. The van der Waals surface area contributed by atoms with E-state index in [0.29, 0.717) is 11.6 Å². The van der Waals surface area contributed by atoms with E-state index in [9.17, 15) is 0 Å². The molecule has 1 atom stereocenters. The van der Waals surface area contributed by atoms with Crippen LogP contribution in [0.5, 0.6) is 11.5 Å². The number of pyridine rings is 1. The molecule has 2 N–H and O–H groups in total. The highest BCUT2D eigenvalue weighted by molar-refractivity contribution is 6.32. The van der Waals surface area contributed by atoms with Crippen molar-refractivity contribution in [3.8, 4) is 11.5 Å². The van der Waals surface area contributed by atoms with Gasteiger partial charge in [-0.25, -0.2) is 9.98 Å². The van der Waals surface area contributed by atoms with Crippen molar-refractivity contribution in [1.82, 2.24) is 15.6 Å². The van der Waals surface area contributed by atoms with E-state index in [1.807, 2.05) is 30.3 Å². The lowest BCUT2D eigenvalue weighted by molar-refractivity contribution is 0.391. The largest absolute Gasteiger partial charge is 0.497 e. The van der Waals surface area contributed by atoms with Gasteiger partial charge in [0.25, 0.3) is 0 Å². The molecule has 0 bridgehead atoms. The monoisotopic (exact) mass is 417 g/mol. The van der Waals surface area contributed by atoms with Crippen LogP contribution < -0.4 is 25.0 Å². The number of hydrogen-bond donors (Lipinski definition) is 2. The summed E-state index contributed by atoms with van der Waals surface area (Å²) in [7, 11) is 3.30. The minimum Gasteiger partial charge on any atom is -0.497 e. The first-order valence-electron chi connectivity index (χ1n) is 9.75. The van der Waals surface area contributed by atoms with E-state index >= 15 is 0 Å². The minimum atomic E-state index is 0.267. The molecule has 8 heteroatoms. The molecular formula is C21H28ClN5O2. The molecule has 156 valence electrons. The molecule has 2 aromatic rings. The Morgan fingerprint density at radius 1 is 1.31 bits per heavy atom. The number of benzene rings is 1. The van der Waals surface area contributed by atoms with Gasteiger partial charge >= 0.3 is 0 Å². The number of aliphatic imine (C=N–C) groups is 1. The quantitative estimate of drug-likeness (QED) is 0.533. The van der Waals surface area contributed by atoms with Crippen LogP contribution in [0.25, 0.3) is 0 Å². The third-order valence-electron chi connectivity index (χ3n) is 4.81. The summed E-state index contributed by atoms with van der Waals surface area (Å²) >= 11 is 6.29. The number of anilines is 1. The molecule has 7 nitrogen and oxygen atoms in total. The molecule has 1 unspecified atom stereocenters. The van der Waals surface area contributed by atoms with E-state index in [1.54, 1.807) is 20.4 Å². The summed E-state index contributed by atoms with van der Waals surface area (Å²) in [6.07, 6.45) is 2.76. The topological polar surface area (TPSA) is 71.0 Å². The van der Waals surface area contributed by atoms with Gasteiger partial charge in [-0.3, -0.25) is 0 Å². The zero-order valence-corrected chi connectivity index (χ0v) is 17.9. The van der Waals surface area contributed by atoms with Crippen molar-refractivity contribution in [2.45, 2.75) is 25.9 Å². The summed E-state index contributed by atoms with van der Waals surface area (Å²) in [6.45, 7) is 5.08. The van der Waals surface area contributed by atoms with Crippen LogP contribution in [0.3, 0.4) is 0 Å². The predicted molar refractivity (Wildman–Crippen MR) is 117 cm³/mol. The third-order valence-corrected chi connectivity index (χ3v) is 5.11. The molecule has 0 radical (unpaired) electrons. The second-order valence-corrected chi connectivity index (χ2v) is 7.16. The normalized spacial score (nSPS) is 16.6. The van der Waals surface area contributed by atoms with Crippen molar-refractivity contribution in [1.29, 1.82) is 0 Å². The van der Waals surface area contributed by atoms with Gasteiger partial charge in [0.05, 0.1) is 25.8 Å². The number of nitrogens with one attached hydrogen (secondary N) is 2.